The van der Waals surface area contributed by atoms with E-state index in [9.17, 15) is 4.79 Å². The van der Waals surface area contributed by atoms with Crippen molar-refractivity contribution >= 4 is 23.5 Å². The molecule has 0 saturated carbocycles. The third kappa shape index (κ3) is 6.46. The lowest BCUT2D eigenvalue weighted by Gasteiger charge is -2.34. The summed E-state index contributed by atoms with van der Waals surface area (Å²) >= 11 is 1.77. The van der Waals surface area contributed by atoms with E-state index in [1.807, 2.05) is 25.7 Å². The normalized spacial score (nSPS) is 16.0. The third-order valence-electron chi connectivity index (χ3n) is 4.65. The number of carbonyl (C=O) groups is 1. The van der Waals surface area contributed by atoms with Crippen molar-refractivity contribution in [2.24, 2.45) is 5.92 Å². The summed E-state index contributed by atoms with van der Waals surface area (Å²) in [4.78, 5) is 17.6. The molecule has 1 aromatic rings. The molecule has 0 bridgehead atoms. The molecule has 25 heavy (non-hydrogen) atoms. The zero-order valence-electron chi connectivity index (χ0n) is 16.2. The van der Waals surface area contributed by atoms with Gasteiger partial charge >= 0.3 is 6.09 Å². The number of hydrogen-bond donors (Lipinski definition) is 0. The number of carbonyl (C=O) groups excluding carboxylic acids is 1. The lowest BCUT2D eigenvalue weighted by molar-refractivity contribution is 0.0182. The number of nitrogens with zero attached hydrogens (tertiary/aromatic N) is 2. The first-order valence-electron chi connectivity index (χ1n) is 9.11. The Hall–Kier alpha value is -1.36. The number of thioether (sulfide) groups is 1. The molecule has 1 heterocycles. The molecule has 2 rings (SSSR count). The minimum absolute atomic E-state index is 0.169. The van der Waals surface area contributed by atoms with Crippen molar-refractivity contribution in [3.63, 3.8) is 0 Å². The van der Waals surface area contributed by atoms with Crippen molar-refractivity contribution in [1.82, 2.24) is 4.90 Å². The van der Waals surface area contributed by atoms with Gasteiger partial charge in [-0.25, -0.2) is 4.79 Å². The molecule has 4 nitrogen and oxygen atoms in total. The minimum Gasteiger partial charge on any atom is -0.444 e. The largest absolute Gasteiger partial charge is 0.444 e. The second-order valence-corrected chi connectivity index (χ2v) is 8.70. The number of amides is 1. The van der Waals surface area contributed by atoms with E-state index in [1.54, 1.807) is 11.8 Å². The van der Waals surface area contributed by atoms with Crippen LogP contribution in [0.3, 0.4) is 0 Å². The van der Waals surface area contributed by atoms with Gasteiger partial charge in [-0.05, 0) is 76.5 Å². The molecule has 1 aliphatic heterocycles. The first kappa shape index (κ1) is 20.0. The standard InChI is InChI=1S/C20H32N2O2S/c1-20(2,3)24-19(23)22-14-11-16(12-15-22)10-13-21(4)17-6-8-18(25-5)9-7-17/h6-9,16H,10-15H2,1-5H3. The zero-order chi connectivity index (χ0) is 18.4. The number of rotatable bonds is 5. The summed E-state index contributed by atoms with van der Waals surface area (Å²) in [6.45, 7) is 8.42. The molecule has 1 aromatic carbocycles. The van der Waals surface area contributed by atoms with Gasteiger partial charge in [-0.3, -0.25) is 0 Å². The quantitative estimate of drug-likeness (QED) is 0.697. The molecule has 140 valence electrons. The van der Waals surface area contributed by atoms with E-state index >= 15 is 0 Å². The van der Waals surface area contributed by atoms with Gasteiger partial charge in [0.2, 0.25) is 0 Å². The molecule has 1 aliphatic rings. The molecule has 0 aliphatic carbocycles. The molecule has 1 fully saturated rings. The molecule has 0 spiro atoms. The number of ether oxygens (including phenoxy) is 1. The fourth-order valence-corrected chi connectivity index (χ4v) is 3.48. The van der Waals surface area contributed by atoms with E-state index in [0.717, 1.165) is 32.5 Å². The Morgan fingerprint density at radius 2 is 1.84 bits per heavy atom. The molecule has 0 radical (unpaired) electrons. The SMILES string of the molecule is CSc1ccc(N(C)CCC2CCN(C(=O)OC(C)(C)C)CC2)cc1. The maximum Gasteiger partial charge on any atom is 0.410 e. The van der Waals surface area contributed by atoms with Gasteiger partial charge in [0, 0.05) is 37.3 Å². The van der Waals surface area contributed by atoms with Crippen molar-refractivity contribution in [3.8, 4) is 0 Å². The molecular formula is C20H32N2O2S. The predicted molar refractivity (Wildman–Crippen MR) is 107 cm³/mol. The van der Waals surface area contributed by atoms with Crippen LogP contribution in [0.2, 0.25) is 0 Å². The van der Waals surface area contributed by atoms with Crippen LogP contribution in [0.1, 0.15) is 40.0 Å². The second kappa shape index (κ2) is 8.84. The number of likely N-dealkylation sites (tertiary alicyclic amines) is 1. The number of anilines is 1. The highest BCUT2D eigenvalue weighted by Crippen LogP contribution is 2.24. The molecule has 5 heteroatoms. The monoisotopic (exact) mass is 364 g/mol. The maximum atomic E-state index is 12.1. The summed E-state index contributed by atoms with van der Waals surface area (Å²) < 4.78 is 5.46. The molecule has 1 saturated heterocycles. The Bertz CT molecular complexity index is 546. The lowest BCUT2D eigenvalue weighted by Crippen LogP contribution is -2.42. The van der Waals surface area contributed by atoms with E-state index in [2.05, 4.69) is 42.5 Å². The van der Waals surface area contributed by atoms with Crippen molar-refractivity contribution in [2.75, 3.05) is 37.8 Å². The van der Waals surface area contributed by atoms with Crippen LogP contribution in [0, 0.1) is 5.92 Å². The van der Waals surface area contributed by atoms with Gasteiger partial charge < -0.3 is 14.5 Å². The summed E-state index contributed by atoms with van der Waals surface area (Å²) in [5.74, 6) is 0.687. The first-order chi connectivity index (χ1) is 11.8. The van der Waals surface area contributed by atoms with E-state index in [4.69, 9.17) is 4.74 Å². The smallest absolute Gasteiger partial charge is 0.410 e. The Morgan fingerprint density at radius 3 is 2.36 bits per heavy atom. The van der Waals surface area contributed by atoms with Gasteiger partial charge in [-0.15, -0.1) is 11.8 Å². The average Bonchev–Trinajstić information content (AvgIpc) is 2.58. The van der Waals surface area contributed by atoms with E-state index < -0.39 is 5.60 Å². The van der Waals surface area contributed by atoms with E-state index in [-0.39, 0.29) is 6.09 Å². The van der Waals surface area contributed by atoms with Crippen molar-refractivity contribution in [1.29, 1.82) is 0 Å². The molecule has 0 atom stereocenters. The molecular weight excluding hydrogens is 332 g/mol. The van der Waals surface area contributed by atoms with Crippen LogP contribution < -0.4 is 4.90 Å². The predicted octanol–water partition coefficient (Wildman–Crippen LogP) is 4.88. The van der Waals surface area contributed by atoms with Gasteiger partial charge in [0.1, 0.15) is 5.60 Å². The van der Waals surface area contributed by atoms with E-state index in [1.165, 1.54) is 17.0 Å². The molecule has 1 amide bonds. The van der Waals surface area contributed by atoms with Crippen molar-refractivity contribution in [3.05, 3.63) is 24.3 Å². The Morgan fingerprint density at radius 1 is 1.24 bits per heavy atom. The van der Waals surface area contributed by atoms with Crippen molar-refractivity contribution in [2.45, 2.75) is 50.5 Å². The molecule has 0 aromatic heterocycles. The topological polar surface area (TPSA) is 32.8 Å². The van der Waals surface area contributed by atoms with Gasteiger partial charge in [0.25, 0.3) is 0 Å². The summed E-state index contributed by atoms with van der Waals surface area (Å²) in [6.07, 6.45) is 5.24. The van der Waals surface area contributed by atoms with Crippen LogP contribution in [-0.2, 0) is 4.74 Å². The number of hydrogen-bond acceptors (Lipinski definition) is 4. The van der Waals surface area contributed by atoms with Gasteiger partial charge in [-0.2, -0.15) is 0 Å². The number of piperidine rings is 1. The summed E-state index contributed by atoms with van der Waals surface area (Å²) in [5.41, 5.74) is 0.853. The average molecular weight is 365 g/mol. The maximum absolute atomic E-state index is 12.1. The summed E-state index contributed by atoms with van der Waals surface area (Å²) in [6, 6.07) is 8.74. The van der Waals surface area contributed by atoms with Gasteiger partial charge in [0.15, 0.2) is 0 Å². The molecule has 0 unspecified atom stereocenters. The Balaban J connectivity index is 1.73. The van der Waals surface area contributed by atoms with Crippen LogP contribution in [0.4, 0.5) is 10.5 Å². The summed E-state index contributed by atoms with van der Waals surface area (Å²) in [5, 5.41) is 0. The first-order valence-corrected chi connectivity index (χ1v) is 10.3. The Labute approximate surface area is 156 Å². The number of benzene rings is 1. The highest BCUT2D eigenvalue weighted by molar-refractivity contribution is 7.98. The van der Waals surface area contributed by atoms with Crippen LogP contribution in [0.15, 0.2) is 29.2 Å². The van der Waals surface area contributed by atoms with Crippen LogP contribution in [-0.4, -0.2) is 49.5 Å². The van der Waals surface area contributed by atoms with Crippen molar-refractivity contribution < 1.29 is 9.53 Å². The van der Waals surface area contributed by atoms with E-state index in [0.29, 0.717) is 5.92 Å². The minimum atomic E-state index is -0.414. The second-order valence-electron chi connectivity index (χ2n) is 7.82. The van der Waals surface area contributed by atoms with Crippen LogP contribution >= 0.6 is 11.8 Å². The Kier molecular flexibility index (Phi) is 7.05. The van der Waals surface area contributed by atoms with Gasteiger partial charge in [0.05, 0.1) is 0 Å². The van der Waals surface area contributed by atoms with Crippen LogP contribution in [0.25, 0.3) is 0 Å². The highest BCUT2D eigenvalue weighted by atomic mass is 32.2. The highest BCUT2D eigenvalue weighted by Gasteiger charge is 2.26. The fraction of sp³-hybridized carbons (Fsp3) is 0.650. The van der Waals surface area contributed by atoms with Crippen LogP contribution in [0.5, 0.6) is 0 Å². The molecule has 0 N–H and O–H groups in total. The zero-order valence-corrected chi connectivity index (χ0v) is 17.1. The summed E-state index contributed by atoms with van der Waals surface area (Å²) in [7, 11) is 2.16. The lowest BCUT2D eigenvalue weighted by atomic mass is 9.93. The van der Waals surface area contributed by atoms with Gasteiger partial charge in [-0.1, -0.05) is 0 Å². The fourth-order valence-electron chi connectivity index (χ4n) is 3.07. The third-order valence-corrected chi connectivity index (χ3v) is 5.40.